The first kappa shape index (κ1) is 17.1. The highest BCUT2D eigenvalue weighted by Gasteiger charge is 2.20. The Kier molecular flexibility index (Phi) is 4.07. The Hall–Kier alpha value is -3.35. The van der Waals surface area contributed by atoms with Crippen molar-refractivity contribution in [1.82, 2.24) is 24.3 Å². The second kappa shape index (κ2) is 6.42. The monoisotopic (exact) mass is 363 g/mol. The molecule has 0 fully saturated rings. The summed E-state index contributed by atoms with van der Waals surface area (Å²) in [6.07, 6.45) is 5.31. The number of hydrogen-bond donors (Lipinski definition) is 1. The maximum atomic E-state index is 10.9. The van der Waals surface area contributed by atoms with Gasteiger partial charge in [0.2, 0.25) is 5.88 Å². The van der Waals surface area contributed by atoms with E-state index in [0.717, 1.165) is 40.0 Å². The van der Waals surface area contributed by atoms with E-state index in [4.69, 9.17) is 9.72 Å². The summed E-state index contributed by atoms with van der Waals surface area (Å²) >= 11 is 0. The van der Waals surface area contributed by atoms with E-state index in [1.54, 1.807) is 24.1 Å². The molecule has 4 rings (SSSR count). The summed E-state index contributed by atoms with van der Waals surface area (Å²) in [6.45, 7) is 6.70. The molecule has 0 atom stereocenters. The van der Waals surface area contributed by atoms with Crippen LogP contribution in [0.1, 0.15) is 18.2 Å². The van der Waals surface area contributed by atoms with Crippen LogP contribution >= 0.6 is 0 Å². The van der Waals surface area contributed by atoms with Gasteiger partial charge in [-0.25, -0.2) is 4.98 Å². The van der Waals surface area contributed by atoms with Crippen molar-refractivity contribution in [3.8, 4) is 28.7 Å². The van der Waals surface area contributed by atoms with E-state index in [1.165, 1.54) is 0 Å². The summed E-state index contributed by atoms with van der Waals surface area (Å²) in [7, 11) is 1.61. The molecular weight excluding hydrogens is 342 g/mol. The average molecular weight is 363 g/mol. The Labute approximate surface area is 156 Å². The number of hydrogen-bond acceptors (Lipinski definition) is 5. The van der Waals surface area contributed by atoms with E-state index >= 15 is 0 Å². The molecule has 0 amide bonds. The molecule has 0 spiro atoms. The van der Waals surface area contributed by atoms with Gasteiger partial charge in [0, 0.05) is 30.6 Å². The van der Waals surface area contributed by atoms with Crippen LogP contribution in [-0.2, 0) is 6.54 Å². The average Bonchev–Trinajstić information content (AvgIpc) is 3.24. The highest BCUT2D eigenvalue weighted by Crippen LogP contribution is 2.36. The lowest BCUT2D eigenvalue weighted by Gasteiger charge is -2.06. The van der Waals surface area contributed by atoms with Gasteiger partial charge in [-0.3, -0.25) is 14.2 Å². The van der Waals surface area contributed by atoms with Gasteiger partial charge in [-0.05, 0) is 38.5 Å². The maximum Gasteiger partial charge on any atom is 0.207 e. The number of aryl methyl sites for hydroxylation is 3. The third-order valence-corrected chi connectivity index (χ3v) is 4.75. The SMILES string of the molecule is CCn1ccc(-n2c(C)c3nc(-c4cncc(OC)c4)cc(C)c3c2O)n1. The lowest BCUT2D eigenvalue weighted by molar-refractivity contribution is 0.413. The fraction of sp³-hybridized carbons (Fsp3) is 0.250. The predicted octanol–water partition coefficient (Wildman–Crippen LogP) is 3.63. The third-order valence-electron chi connectivity index (χ3n) is 4.75. The van der Waals surface area contributed by atoms with E-state index in [-0.39, 0.29) is 5.88 Å². The topological polar surface area (TPSA) is 78.0 Å². The Bertz CT molecular complexity index is 1140. The fourth-order valence-electron chi connectivity index (χ4n) is 3.34. The lowest BCUT2D eigenvalue weighted by Crippen LogP contribution is -2.00. The van der Waals surface area contributed by atoms with Crippen LogP contribution in [0.4, 0.5) is 0 Å². The molecule has 1 N–H and O–H groups in total. The summed E-state index contributed by atoms with van der Waals surface area (Å²) in [5.74, 6) is 1.51. The number of ether oxygens (including phenoxy) is 1. The second-order valence-electron chi connectivity index (χ2n) is 6.44. The van der Waals surface area contributed by atoms with Crippen molar-refractivity contribution in [2.45, 2.75) is 27.3 Å². The van der Waals surface area contributed by atoms with Gasteiger partial charge in [-0.1, -0.05) is 0 Å². The van der Waals surface area contributed by atoms with Crippen molar-refractivity contribution in [3.05, 3.63) is 48.0 Å². The molecule has 7 nitrogen and oxygen atoms in total. The van der Waals surface area contributed by atoms with Crippen LogP contribution in [0.15, 0.2) is 36.8 Å². The smallest absolute Gasteiger partial charge is 0.207 e. The Morgan fingerprint density at radius 1 is 1.19 bits per heavy atom. The molecule has 0 aliphatic carbocycles. The first-order valence-electron chi connectivity index (χ1n) is 8.78. The minimum absolute atomic E-state index is 0.157. The van der Waals surface area contributed by atoms with E-state index < -0.39 is 0 Å². The van der Waals surface area contributed by atoms with E-state index in [2.05, 4.69) is 10.1 Å². The zero-order valence-electron chi connectivity index (χ0n) is 15.8. The quantitative estimate of drug-likeness (QED) is 0.599. The van der Waals surface area contributed by atoms with Crippen LogP contribution in [0.2, 0.25) is 0 Å². The van der Waals surface area contributed by atoms with E-state index in [9.17, 15) is 5.11 Å². The summed E-state index contributed by atoms with van der Waals surface area (Å²) in [6, 6.07) is 5.74. The van der Waals surface area contributed by atoms with Gasteiger partial charge < -0.3 is 9.84 Å². The summed E-state index contributed by atoms with van der Waals surface area (Å²) in [5.41, 5.74) is 4.17. The molecule has 138 valence electrons. The van der Waals surface area contributed by atoms with Crippen molar-refractivity contribution in [2.75, 3.05) is 7.11 Å². The largest absolute Gasteiger partial charge is 0.495 e. The number of methoxy groups -OCH3 is 1. The molecule has 0 aromatic carbocycles. The highest BCUT2D eigenvalue weighted by atomic mass is 16.5. The van der Waals surface area contributed by atoms with Gasteiger partial charge in [0.15, 0.2) is 5.82 Å². The van der Waals surface area contributed by atoms with Crippen molar-refractivity contribution in [3.63, 3.8) is 0 Å². The van der Waals surface area contributed by atoms with Crippen molar-refractivity contribution in [1.29, 1.82) is 0 Å². The molecule has 0 aliphatic rings. The van der Waals surface area contributed by atoms with Crippen molar-refractivity contribution < 1.29 is 9.84 Å². The maximum absolute atomic E-state index is 10.9. The summed E-state index contributed by atoms with van der Waals surface area (Å²) < 4.78 is 8.83. The first-order valence-corrected chi connectivity index (χ1v) is 8.78. The van der Waals surface area contributed by atoms with Gasteiger partial charge in [-0.15, -0.1) is 0 Å². The number of aromatic hydroxyl groups is 1. The molecule has 0 radical (unpaired) electrons. The predicted molar refractivity (Wildman–Crippen MR) is 103 cm³/mol. The second-order valence-corrected chi connectivity index (χ2v) is 6.44. The minimum Gasteiger partial charge on any atom is -0.495 e. The summed E-state index contributed by atoms with van der Waals surface area (Å²) in [4.78, 5) is 9.02. The minimum atomic E-state index is 0.157. The Balaban J connectivity index is 1.93. The molecule has 0 saturated heterocycles. The number of pyridine rings is 2. The van der Waals surface area contributed by atoms with Crippen molar-refractivity contribution in [2.24, 2.45) is 0 Å². The molecule has 0 unspecified atom stereocenters. The first-order chi connectivity index (χ1) is 13.0. The molecule has 4 heterocycles. The van der Waals surface area contributed by atoms with Crippen LogP contribution in [-0.4, -0.2) is 36.5 Å². The molecule has 0 aliphatic heterocycles. The van der Waals surface area contributed by atoms with Crippen LogP contribution in [0, 0.1) is 13.8 Å². The van der Waals surface area contributed by atoms with Crippen LogP contribution in [0.5, 0.6) is 11.6 Å². The molecule has 0 saturated carbocycles. The van der Waals surface area contributed by atoms with Crippen LogP contribution in [0.3, 0.4) is 0 Å². The van der Waals surface area contributed by atoms with Gasteiger partial charge >= 0.3 is 0 Å². The van der Waals surface area contributed by atoms with Gasteiger partial charge in [0.1, 0.15) is 5.75 Å². The van der Waals surface area contributed by atoms with E-state index in [1.807, 2.05) is 49.8 Å². The number of aromatic nitrogens is 5. The molecule has 4 aromatic rings. The molecule has 4 aromatic heterocycles. The standard InChI is InChI=1S/C20H21N5O2/c1-5-24-7-6-17(23-24)25-13(3)19-18(20(25)26)12(2)8-16(22-19)14-9-15(27-4)11-21-10-14/h6-11,26H,5H2,1-4H3. The number of nitrogens with zero attached hydrogens (tertiary/aromatic N) is 5. The third kappa shape index (κ3) is 2.71. The zero-order chi connectivity index (χ0) is 19.1. The van der Waals surface area contributed by atoms with Crippen molar-refractivity contribution >= 4 is 10.9 Å². The van der Waals surface area contributed by atoms with E-state index in [0.29, 0.717) is 11.6 Å². The fourth-order valence-corrected chi connectivity index (χ4v) is 3.34. The van der Waals surface area contributed by atoms with Gasteiger partial charge in [0.05, 0.1) is 35.6 Å². The summed E-state index contributed by atoms with van der Waals surface area (Å²) in [5, 5.41) is 16.1. The Morgan fingerprint density at radius 3 is 2.70 bits per heavy atom. The molecule has 27 heavy (non-hydrogen) atoms. The molecular formula is C20H21N5O2. The van der Waals surface area contributed by atoms with Crippen LogP contribution in [0.25, 0.3) is 28.0 Å². The molecule has 7 heteroatoms. The van der Waals surface area contributed by atoms with Gasteiger partial charge in [-0.2, -0.15) is 5.10 Å². The molecule has 0 bridgehead atoms. The zero-order valence-corrected chi connectivity index (χ0v) is 15.8. The Morgan fingerprint density at radius 2 is 2.00 bits per heavy atom. The lowest BCUT2D eigenvalue weighted by atomic mass is 10.1. The number of rotatable bonds is 4. The number of fused-ring (bicyclic) bond motifs is 1. The van der Waals surface area contributed by atoms with Crippen LogP contribution < -0.4 is 4.74 Å². The highest BCUT2D eigenvalue weighted by molar-refractivity contribution is 5.93. The van der Waals surface area contributed by atoms with Gasteiger partial charge in [0.25, 0.3) is 0 Å². The normalized spacial score (nSPS) is 11.3.